The molecule has 0 N–H and O–H groups in total. The number of methoxy groups -OCH3 is 1. The van der Waals surface area contributed by atoms with Crippen molar-refractivity contribution in [3.63, 3.8) is 0 Å². The number of ketones is 1. The highest BCUT2D eigenvalue weighted by Gasteiger charge is 2.10. The Labute approximate surface area is 157 Å². The first-order chi connectivity index (χ1) is 13.2. The zero-order chi connectivity index (χ0) is 19.1. The van der Waals surface area contributed by atoms with Crippen LogP contribution in [0.15, 0.2) is 78.9 Å². The number of rotatable bonds is 7. The molecule has 0 saturated carbocycles. The van der Waals surface area contributed by atoms with Crippen molar-refractivity contribution in [1.82, 2.24) is 0 Å². The monoisotopic (exact) mass is 362 g/mol. The van der Waals surface area contributed by atoms with Gasteiger partial charge in [-0.2, -0.15) is 0 Å². The first-order valence-electron chi connectivity index (χ1n) is 8.33. The van der Waals surface area contributed by atoms with Crippen molar-refractivity contribution in [1.29, 1.82) is 0 Å². The van der Waals surface area contributed by atoms with Gasteiger partial charge in [0.25, 0.3) is 0 Å². The fraction of sp³-hybridized carbons (Fsp3) is 0.0909. The van der Waals surface area contributed by atoms with Crippen molar-refractivity contribution >= 4 is 11.8 Å². The van der Waals surface area contributed by atoms with E-state index in [2.05, 4.69) is 0 Å². The first kappa shape index (κ1) is 18.2. The molecular formula is C22H18O5. The van der Waals surface area contributed by atoms with E-state index in [-0.39, 0.29) is 12.4 Å². The van der Waals surface area contributed by atoms with Crippen LogP contribution in [0.2, 0.25) is 0 Å². The Balaban J connectivity index is 1.54. The van der Waals surface area contributed by atoms with Crippen LogP contribution in [0.3, 0.4) is 0 Å². The van der Waals surface area contributed by atoms with Gasteiger partial charge in [0, 0.05) is 11.1 Å². The lowest BCUT2D eigenvalue weighted by atomic mass is 10.0. The van der Waals surface area contributed by atoms with Gasteiger partial charge in [0.1, 0.15) is 17.2 Å². The molecule has 0 bridgehead atoms. The van der Waals surface area contributed by atoms with E-state index in [9.17, 15) is 9.59 Å². The SMILES string of the molecule is COc1ccc(OCC(=O)Oc2ccc(C(=O)c3ccccc3)cc2)cc1. The van der Waals surface area contributed by atoms with Gasteiger partial charge in [-0.25, -0.2) is 4.79 Å². The van der Waals surface area contributed by atoms with Crippen LogP contribution in [-0.2, 0) is 4.79 Å². The minimum absolute atomic E-state index is 0.0867. The number of hydrogen-bond acceptors (Lipinski definition) is 5. The third-order valence-electron chi connectivity index (χ3n) is 3.80. The smallest absolute Gasteiger partial charge is 0.349 e. The second-order valence-electron chi connectivity index (χ2n) is 5.66. The first-order valence-corrected chi connectivity index (χ1v) is 8.33. The molecule has 0 aliphatic rings. The van der Waals surface area contributed by atoms with Crippen LogP contribution in [-0.4, -0.2) is 25.5 Å². The Morgan fingerprint density at radius 2 is 1.26 bits per heavy atom. The maximum Gasteiger partial charge on any atom is 0.349 e. The average molecular weight is 362 g/mol. The van der Waals surface area contributed by atoms with E-state index in [1.165, 1.54) is 0 Å². The topological polar surface area (TPSA) is 61.8 Å². The predicted molar refractivity (Wildman–Crippen MR) is 100 cm³/mol. The number of esters is 1. The summed E-state index contributed by atoms with van der Waals surface area (Å²) in [6.07, 6.45) is 0. The number of hydrogen-bond donors (Lipinski definition) is 0. The quantitative estimate of drug-likeness (QED) is 0.362. The second-order valence-corrected chi connectivity index (χ2v) is 5.66. The van der Waals surface area contributed by atoms with E-state index in [0.29, 0.717) is 28.4 Å². The summed E-state index contributed by atoms with van der Waals surface area (Å²) in [7, 11) is 1.58. The Hall–Kier alpha value is -3.60. The van der Waals surface area contributed by atoms with Crippen molar-refractivity contribution < 1.29 is 23.8 Å². The zero-order valence-electron chi connectivity index (χ0n) is 14.8. The van der Waals surface area contributed by atoms with Gasteiger partial charge < -0.3 is 14.2 Å². The van der Waals surface area contributed by atoms with E-state index in [4.69, 9.17) is 14.2 Å². The minimum atomic E-state index is -0.534. The van der Waals surface area contributed by atoms with Crippen LogP contribution in [0.4, 0.5) is 0 Å². The molecule has 0 spiro atoms. The van der Waals surface area contributed by atoms with Gasteiger partial charge in [-0.15, -0.1) is 0 Å². The molecule has 0 radical (unpaired) electrons. The molecule has 0 unspecified atom stereocenters. The molecule has 0 fully saturated rings. The van der Waals surface area contributed by atoms with Crippen LogP contribution in [0, 0.1) is 0 Å². The molecule has 3 rings (SSSR count). The number of ether oxygens (including phenoxy) is 3. The minimum Gasteiger partial charge on any atom is -0.497 e. The van der Waals surface area contributed by atoms with E-state index in [0.717, 1.165) is 0 Å². The van der Waals surface area contributed by atoms with Crippen molar-refractivity contribution in [2.24, 2.45) is 0 Å². The van der Waals surface area contributed by atoms with Gasteiger partial charge >= 0.3 is 5.97 Å². The molecule has 0 aliphatic carbocycles. The highest BCUT2D eigenvalue weighted by atomic mass is 16.6. The van der Waals surface area contributed by atoms with Crippen LogP contribution in [0.1, 0.15) is 15.9 Å². The summed E-state index contributed by atoms with van der Waals surface area (Å²) in [6, 6.07) is 22.3. The molecule has 0 amide bonds. The summed E-state index contributed by atoms with van der Waals surface area (Å²) in [5, 5.41) is 0. The third-order valence-corrected chi connectivity index (χ3v) is 3.80. The molecule has 0 saturated heterocycles. The Kier molecular flexibility index (Phi) is 5.84. The lowest BCUT2D eigenvalue weighted by Gasteiger charge is -2.08. The molecular weight excluding hydrogens is 344 g/mol. The van der Waals surface area contributed by atoms with Gasteiger partial charge in [-0.05, 0) is 48.5 Å². The molecule has 136 valence electrons. The molecule has 0 heterocycles. The molecule has 0 aromatic heterocycles. The Morgan fingerprint density at radius 3 is 1.89 bits per heavy atom. The molecule has 0 atom stereocenters. The zero-order valence-corrected chi connectivity index (χ0v) is 14.8. The third kappa shape index (κ3) is 4.95. The van der Waals surface area contributed by atoms with Crippen LogP contribution in [0.5, 0.6) is 17.2 Å². The molecule has 3 aromatic carbocycles. The van der Waals surface area contributed by atoms with Gasteiger partial charge in [-0.1, -0.05) is 30.3 Å². The normalized spacial score (nSPS) is 10.1. The van der Waals surface area contributed by atoms with E-state index in [1.54, 1.807) is 67.8 Å². The van der Waals surface area contributed by atoms with Crippen molar-refractivity contribution in [3.05, 3.63) is 90.0 Å². The summed E-state index contributed by atoms with van der Waals surface area (Å²) >= 11 is 0. The summed E-state index contributed by atoms with van der Waals surface area (Å²) in [5.41, 5.74) is 1.13. The van der Waals surface area contributed by atoms with Crippen LogP contribution < -0.4 is 14.2 Å². The van der Waals surface area contributed by atoms with E-state index < -0.39 is 5.97 Å². The average Bonchev–Trinajstić information content (AvgIpc) is 2.73. The van der Waals surface area contributed by atoms with Crippen molar-refractivity contribution in [3.8, 4) is 17.2 Å². The van der Waals surface area contributed by atoms with E-state index in [1.807, 2.05) is 18.2 Å². The highest BCUT2D eigenvalue weighted by Crippen LogP contribution is 2.18. The summed E-state index contributed by atoms with van der Waals surface area (Å²) in [4.78, 5) is 24.3. The molecule has 5 heteroatoms. The van der Waals surface area contributed by atoms with Gasteiger partial charge in [0.15, 0.2) is 12.4 Å². The maximum absolute atomic E-state index is 12.3. The van der Waals surface area contributed by atoms with E-state index >= 15 is 0 Å². The standard InChI is InChI=1S/C22H18O5/c1-25-18-11-13-19(14-12-18)26-15-21(23)27-20-9-7-17(8-10-20)22(24)16-5-3-2-4-6-16/h2-14H,15H2,1H3. The second kappa shape index (κ2) is 8.67. The van der Waals surface area contributed by atoms with Gasteiger partial charge in [0.05, 0.1) is 7.11 Å². The van der Waals surface area contributed by atoms with Gasteiger partial charge in [-0.3, -0.25) is 4.79 Å². The van der Waals surface area contributed by atoms with Crippen LogP contribution in [0.25, 0.3) is 0 Å². The number of carbonyl (C=O) groups is 2. The lowest BCUT2D eigenvalue weighted by Crippen LogP contribution is -2.17. The fourth-order valence-electron chi connectivity index (χ4n) is 2.41. The maximum atomic E-state index is 12.3. The van der Waals surface area contributed by atoms with Crippen LogP contribution >= 0.6 is 0 Å². The number of benzene rings is 3. The summed E-state index contributed by atoms with van der Waals surface area (Å²) in [6.45, 7) is -0.225. The Bertz CT molecular complexity index is 900. The predicted octanol–water partition coefficient (Wildman–Crippen LogP) is 3.91. The summed E-state index contributed by atoms with van der Waals surface area (Å²) < 4.78 is 15.7. The lowest BCUT2D eigenvalue weighted by molar-refractivity contribution is -0.136. The molecule has 0 aliphatic heterocycles. The molecule has 27 heavy (non-hydrogen) atoms. The van der Waals surface area contributed by atoms with Crippen molar-refractivity contribution in [2.45, 2.75) is 0 Å². The van der Waals surface area contributed by atoms with Gasteiger partial charge in [0.2, 0.25) is 0 Å². The number of carbonyl (C=O) groups excluding carboxylic acids is 2. The molecule has 3 aromatic rings. The highest BCUT2D eigenvalue weighted by molar-refractivity contribution is 6.09. The Morgan fingerprint density at radius 1 is 0.704 bits per heavy atom. The largest absolute Gasteiger partial charge is 0.497 e. The molecule has 5 nitrogen and oxygen atoms in total. The summed E-state index contributed by atoms with van der Waals surface area (Å²) in [5.74, 6) is 0.971. The fourth-order valence-corrected chi connectivity index (χ4v) is 2.41. The van der Waals surface area contributed by atoms with Crippen molar-refractivity contribution in [2.75, 3.05) is 13.7 Å².